The minimum atomic E-state index is -0.809. The fourth-order valence-corrected chi connectivity index (χ4v) is 5.47. The third kappa shape index (κ3) is 7.59. The molecule has 2 N–H and O–H groups in total. The van der Waals surface area contributed by atoms with Gasteiger partial charge < -0.3 is 9.84 Å². The van der Waals surface area contributed by atoms with Gasteiger partial charge in [-0.1, -0.05) is 49.1 Å². The van der Waals surface area contributed by atoms with Crippen molar-refractivity contribution in [2.24, 2.45) is 0 Å². The largest absolute Gasteiger partial charge is 0.494 e. The Morgan fingerprint density at radius 2 is 2.00 bits per heavy atom. The zero-order valence-electron chi connectivity index (χ0n) is 20.1. The molecule has 1 atom stereocenters. The summed E-state index contributed by atoms with van der Waals surface area (Å²) in [4.78, 5) is 16.8. The smallest absolute Gasteiger partial charge is 0.303 e. The molecule has 0 saturated carbocycles. The molecular weight excluding hydrogens is 488 g/mol. The lowest BCUT2D eigenvalue weighted by molar-refractivity contribution is -0.137. The Balaban J connectivity index is 1.54. The highest BCUT2D eigenvalue weighted by Crippen LogP contribution is 2.33. The average molecular weight is 517 g/mol. The Hall–Kier alpha value is -3.31. The molecule has 0 fully saturated rings. The zero-order chi connectivity index (χ0) is 25.2. The molecule has 5 nitrogen and oxygen atoms in total. The normalized spacial score (nSPS) is 11.6. The van der Waals surface area contributed by atoms with Crippen molar-refractivity contribution in [3.63, 3.8) is 0 Å². The maximum absolute atomic E-state index is 10.7. The van der Waals surface area contributed by atoms with E-state index in [9.17, 15) is 4.79 Å². The second-order valence-corrected chi connectivity index (χ2v) is 10.1. The molecule has 3 aromatic carbocycles. The van der Waals surface area contributed by atoms with Crippen LogP contribution in [0.5, 0.6) is 5.75 Å². The highest BCUT2D eigenvalue weighted by atomic mass is 32.2. The summed E-state index contributed by atoms with van der Waals surface area (Å²) in [5.41, 5.74) is 3.15. The number of nitrogens with zero attached hydrogens (tertiary/aromatic N) is 1. The summed E-state index contributed by atoms with van der Waals surface area (Å²) < 4.78 is 10.4. The summed E-state index contributed by atoms with van der Waals surface area (Å²) in [5.74, 6) is 6.30. The van der Waals surface area contributed by atoms with Crippen LogP contribution in [0, 0.1) is 11.8 Å². The summed E-state index contributed by atoms with van der Waals surface area (Å²) in [6.07, 6.45) is 2.19. The van der Waals surface area contributed by atoms with Gasteiger partial charge in [-0.25, -0.2) is 9.71 Å². The van der Waals surface area contributed by atoms with Crippen molar-refractivity contribution < 1.29 is 14.6 Å². The lowest BCUT2D eigenvalue weighted by Crippen LogP contribution is -2.16. The molecule has 0 saturated heterocycles. The minimum absolute atomic E-state index is 0.00178. The van der Waals surface area contributed by atoms with Crippen LogP contribution in [-0.4, -0.2) is 22.7 Å². The van der Waals surface area contributed by atoms with Crippen molar-refractivity contribution in [2.75, 3.05) is 6.61 Å². The molecule has 7 heteroatoms. The third-order valence-electron chi connectivity index (χ3n) is 5.32. The number of carbonyl (C=O) groups is 1. The molecule has 0 amide bonds. The number of ether oxygens (including phenoxy) is 1. The first-order valence-electron chi connectivity index (χ1n) is 11.9. The fourth-order valence-electron chi connectivity index (χ4n) is 3.58. The number of hydrogen-bond donors (Lipinski definition) is 2. The van der Waals surface area contributed by atoms with Crippen LogP contribution in [0.3, 0.4) is 0 Å². The number of thiazole rings is 1. The van der Waals surface area contributed by atoms with Crippen LogP contribution in [-0.2, 0) is 11.2 Å². The van der Waals surface area contributed by atoms with Gasteiger partial charge in [0.2, 0.25) is 0 Å². The Bertz CT molecular complexity index is 1360. The number of benzene rings is 3. The van der Waals surface area contributed by atoms with E-state index in [1.165, 1.54) is 5.56 Å². The minimum Gasteiger partial charge on any atom is -0.494 e. The molecule has 184 valence electrons. The fraction of sp³-hybridized carbons (Fsp3) is 0.241. The molecule has 0 aliphatic carbocycles. The number of fused-ring (bicyclic) bond motifs is 1. The van der Waals surface area contributed by atoms with E-state index in [1.807, 2.05) is 42.5 Å². The Labute approximate surface area is 220 Å². The number of nitrogens with one attached hydrogen (secondary N) is 1. The Morgan fingerprint density at radius 3 is 2.81 bits per heavy atom. The van der Waals surface area contributed by atoms with Crippen molar-refractivity contribution in [3.8, 4) is 17.6 Å². The average Bonchev–Trinajstić information content (AvgIpc) is 3.32. The molecule has 4 rings (SSSR count). The lowest BCUT2D eigenvalue weighted by Gasteiger charge is -2.16. The van der Waals surface area contributed by atoms with E-state index in [1.54, 1.807) is 23.3 Å². The van der Waals surface area contributed by atoms with Crippen LogP contribution < -0.4 is 9.46 Å². The van der Waals surface area contributed by atoms with E-state index < -0.39 is 5.97 Å². The van der Waals surface area contributed by atoms with Crippen molar-refractivity contribution in [3.05, 3.63) is 88.9 Å². The van der Waals surface area contributed by atoms with E-state index in [0.717, 1.165) is 44.3 Å². The van der Waals surface area contributed by atoms with Crippen LogP contribution in [0.4, 0.5) is 0 Å². The van der Waals surface area contributed by atoms with Gasteiger partial charge in [0.25, 0.3) is 0 Å². The molecule has 0 radical (unpaired) electrons. The number of hydrogen-bond acceptors (Lipinski definition) is 6. The second-order valence-electron chi connectivity index (χ2n) is 8.17. The van der Waals surface area contributed by atoms with E-state index in [-0.39, 0.29) is 12.5 Å². The topological polar surface area (TPSA) is 71.5 Å². The highest BCUT2D eigenvalue weighted by Gasteiger charge is 2.18. The molecule has 0 aliphatic rings. The Morgan fingerprint density at radius 1 is 1.14 bits per heavy atom. The molecule has 1 heterocycles. The maximum atomic E-state index is 10.7. The first kappa shape index (κ1) is 25.8. The first-order valence-corrected chi connectivity index (χ1v) is 13.5. The first-order chi connectivity index (χ1) is 17.6. The molecular formula is C29H28N2O3S2. The third-order valence-corrected chi connectivity index (χ3v) is 7.36. The van der Waals surface area contributed by atoms with Crippen LogP contribution in [0.2, 0.25) is 0 Å². The van der Waals surface area contributed by atoms with Gasteiger partial charge >= 0.3 is 5.97 Å². The molecule has 1 unspecified atom stereocenters. The SMILES string of the molecule is CCC#Cc1cccc(CC(NSc2ccccc2)c2nc3ccc(OCCCC(=O)O)cc3s2)c1. The zero-order valence-corrected chi connectivity index (χ0v) is 21.7. The van der Waals surface area contributed by atoms with Gasteiger partial charge in [0, 0.05) is 23.3 Å². The van der Waals surface area contributed by atoms with Gasteiger partial charge in [0.05, 0.1) is 22.9 Å². The standard InChI is InChI=1S/C29H28N2O3S2/c1-2-3-9-21-10-7-11-22(18-21)19-26(31-36-24-12-5-4-6-13-24)29-30-25-16-15-23(20-27(25)35-29)34-17-8-14-28(32)33/h4-7,10-13,15-16,18,20,26,31H,2,8,14,17,19H2,1H3,(H,32,33). The predicted molar refractivity (Wildman–Crippen MR) is 147 cm³/mol. The van der Waals surface area contributed by atoms with E-state index in [2.05, 4.69) is 53.8 Å². The number of aliphatic carboxylic acids is 1. The quantitative estimate of drug-likeness (QED) is 0.129. The van der Waals surface area contributed by atoms with Gasteiger partial charge in [0.15, 0.2) is 0 Å². The van der Waals surface area contributed by atoms with Crippen molar-refractivity contribution in [2.45, 2.75) is 43.5 Å². The van der Waals surface area contributed by atoms with Crippen molar-refractivity contribution >= 4 is 39.5 Å². The summed E-state index contributed by atoms with van der Waals surface area (Å²) in [6, 6.07) is 24.5. The summed E-state index contributed by atoms with van der Waals surface area (Å²) in [7, 11) is 0. The summed E-state index contributed by atoms with van der Waals surface area (Å²) in [6.45, 7) is 2.43. The second kappa shape index (κ2) is 13.1. The van der Waals surface area contributed by atoms with Crippen LogP contribution in [0.25, 0.3) is 10.2 Å². The van der Waals surface area contributed by atoms with Gasteiger partial charge in [-0.2, -0.15) is 0 Å². The molecule has 4 aromatic rings. The number of carboxylic acids is 1. The predicted octanol–water partition coefficient (Wildman–Crippen LogP) is 6.88. The summed E-state index contributed by atoms with van der Waals surface area (Å²) in [5, 5.41) is 9.81. The molecule has 0 aliphatic heterocycles. The number of rotatable bonds is 11. The van der Waals surface area contributed by atoms with Crippen molar-refractivity contribution in [1.29, 1.82) is 0 Å². The number of aromatic nitrogens is 1. The molecule has 0 bridgehead atoms. The van der Waals surface area contributed by atoms with Gasteiger partial charge in [-0.05, 0) is 72.8 Å². The van der Waals surface area contributed by atoms with Crippen molar-refractivity contribution in [1.82, 2.24) is 9.71 Å². The van der Waals surface area contributed by atoms with Crippen LogP contribution >= 0.6 is 23.3 Å². The molecule has 1 aromatic heterocycles. The van der Waals surface area contributed by atoms with Gasteiger partial charge in [-0.15, -0.1) is 11.3 Å². The van der Waals surface area contributed by atoms with Gasteiger partial charge in [-0.3, -0.25) is 4.79 Å². The lowest BCUT2D eigenvalue weighted by atomic mass is 10.0. The van der Waals surface area contributed by atoms with Crippen LogP contribution in [0.15, 0.2) is 77.7 Å². The summed E-state index contributed by atoms with van der Waals surface area (Å²) >= 11 is 3.25. The molecule has 0 spiro atoms. The number of carboxylic acid groups (broad SMARTS) is 1. The maximum Gasteiger partial charge on any atom is 0.303 e. The van der Waals surface area contributed by atoms with Gasteiger partial charge in [0.1, 0.15) is 10.8 Å². The van der Waals surface area contributed by atoms with E-state index in [0.29, 0.717) is 13.0 Å². The Kier molecular flexibility index (Phi) is 9.40. The van der Waals surface area contributed by atoms with Crippen LogP contribution in [0.1, 0.15) is 48.4 Å². The monoisotopic (exact) mass is 516 g/mol. The highest BCUT2D eigenvalue weighted by molar-refractivity contribution is 7.97. The van der Waals surface area contributed by atoms with E-state index >= 15 is 0 Å². The van der Waals surface area contributed by atoms with E-state index in [4.69, 9.17) is 14.8 Å². The molecule has 36 heavy (non-hydrogen) atoms.